The largest absolute Gasteiger partial charge is 0.508 e. The minimum atomic E-state index is -1.48. The molecule has 2 aromatic carbocycles. The van der Waals surface area contributed by atoms with Gasteiger partial charge in [-0.05, 0) is 35.4 Å². The lowest BCUT2D eigenvalue weighted by Crippen LogP contribution is -1.90. The number of phenols is 1. The molecule has 0 saturated carbocycles. The van der Waals surface area contributed by atoms with Crippen molar-refractivity contribution in [2.24, 2.45) is 0 Å². The van der Waals surface area contributed by atoms with Crippen molar-refractivity contribution in [3.63, 3.8) is 0 Å². The summed E-state index contributed by atoms with van der Waals surface area (Å²) in [6.07, 6.45) is 2.99. The highest BCUT2D eigenvalue weighted by Gasteiger charge is 2.08. The topological polar surface area (TPSA) is 20.2 Å². The van der Waals surface area contributed by atoms with Crippen LogP contribution in [0.4, 0.5) is 13.2 Å². The molecule has 0 aromatic heterocycles. The Morgan fingerprint density at radius 2 is 1.44 bits per heavy atom. The standard InChI is InChI=1S/C14H9F3O/c15-12-7-10(8-13(16)14(12)17)5-4-9-2-1-3-11(18)6-9/h1-8,18H/b5-4+. The molecule has 0 aliphatic rings. The second kappa shape index (κ2) is 4.96. The summed E-state index contributed by atoms with van der Waals surface area (Å²) in [4.78, 5) is 0. The summed E-state index contributed by atoms with van der Waals surface area (Å²) < 4.78 is 38.6. The third kappa shape index (κ3) is 2.71. The van der Waals surface area contributed by atoms with Crippen LogP contribution in [0.5, 0.6) is 5.75 Å². The smallest absolute Gasteiger partial charge is 0.194 e. The second-order valence-electron chi connectivity index (χ2n) is 3.73. The van der Waals surface area contributed by atoms with E-state index >= 15 is 0 Å². The van der Waals surface area contributed by atoms with E-state index in [0.717, 1.165) is 12.1 Å². The Balaban J connectivity index is 2.29. The molecule has 1 nitrogen and oxygen atoms in total. The molecule has 2 aromatic rings. The fraction of sp³-hybridized carbons (Fsp3) is 0. The summed E-state index contributed by atoms with van der Waals surface area (Å²) in [6, 6.07) is 8.16. The van der Waals surface area contributed by atoms with Gasteiger partial charge in [-0.15, -0.1) is 0 Å². The summed E-state index contributed by atoms with van der Waals surface area (Å²) in [5, 5.41) is 9.23. The van der Waals surface area contributed by atoms with Crippen molar-refractivity contribution in [1.29, 1.82) is 0 Å². The van der Waals surface area contributed by atoms with Crippen molar-refractivity contribution in [3.05, 3.63) is 65.0 Å². The maximum atomic E-state index is 12.9. The molecule has 0 aliphatic carbocycles. The van der Waals surface area contributed by atoms with Crippen LogP contribution in [-0.2, 0) is 0 Å². The molecule has 0 spiro atoms. The van der Waals surface area contributed by atoms with Gasteiger partial charge < -0.3 is 5.11 Å². The van der Waals surface area contributed by atoms with Gasteiger partial charge in [0.05, 0.1) is 0 Å². The molecular weight excluding hydrogens is 241 g/mol. The molecule has 92 valence electrons. The molecule has 0 unspecified atom stereocenters. The minimum absolute atomic E-state index is 0.0913. The van der Waals surface area contributed by atoms with Gasteiger partial charge in [0.2, 0.25) is 0 Å². The van der Waals surface area contributed by atoms with E-state index in [1.54, 1.807) is 18.2 Å². The van der Waals surface area contributed by atoms with Crippen LogP contribution in [0.25, 0.3) is 12.2 Å². The van der Waals surface area contributed by atoms with Crippen molar-refractivity contribution in [2.45, 2.75) is 0 Å². The zero-order valence-corrected chi connectivity index (χ0v) is 9.20. The quantitative estimate of drug-likeness (QED) is 0.631. The van der Waals surface area contributed by atoms with Crippen molar-refractivity contribution in [1.82, 2.24) is 0 Å². The van der Waals surface area contributed by atoms with E-state index < -0.39 is 17.5 Å². The number of phenolic OH excluding ortho intramolecular Hbond substituents is 1. The SMILES string of the molecule is Oc1cccc(/C=C/c2cc(F)c(F)c(F)c2)c1. The molecule has 18 heavy (non-hydrogen) atoms. The van der Waals surface area contributed by atoms with Gasteiger partial charge in [0.15, 0.2) is 17.5 Å². The van der Waals surface area contributed by atoms with Gasteiger partial charge in [-0.25, -0.2) is 13.2 Å². The van der Waals surface area contributed by atoms with E-state index in [1.807, 2.05) is 0 Å². The number of aromatic hydroxyl groups is 1. The minimum Gasteiger partial charge on any atom is -0.508 e. The number of halogens is 3. The molecule has 4 heteroatoms. The van der Waals surface area contributed by atoms with Gasteiger partial charge in [0.1, 0.15) is 5.75 Å². The molecule has 0 amide bonds. The summed E-state index contributed by atoms with van der Waals surface area (Å²) in [5.74, 6) is -3.85. The fourth-order valence-corrected chi connectivity index (χ4v) is 1.49. The summed E-state index contributed by atoms with van der Waals surface area (Å²) >= 11 is 0. The van der Waals surface area contributed by atoms with Crippen LogP contribution in [0.15, 0.2) is 36.4 Å². The zero-order valence-electron chi connectivity index (χ0n) is 9.20. The summed E-state index contributed by atoms with van der Waals surface area (Å²) in [7, 11) is 0. The Morgan fingerprint density at radius 1 is 0.833 bits per heavy atom. The maximum Gasteiger partial charge on any atom is 0.194 e. The Labute approximate surface area is 102 Å². The van der Waals surface area contributed by atoms with Crippen LogP contribution in [0.3, 0.4) is 0 Å². The summed E-state index contributed by atoms with van der Waals surface area (Å²) in [6.45, 7) is 0. The summed E-state index contributed by atoms with van der Waals surface area (Å²) in [5.41, 5.74) is 0.870. The van der Waals surface area contributed by atoms with Gasteiger partial charge in [-0.2, -0.15) is 0 Å². The molecule has 0 saturated heterocycles. The van der Waals surface area contributed by atoms with E-state index in [2.05, 4.69) is 0 Å². The lowest BCUT2D eigenvalue weighted by atomic mass is 10.1. The first-order chi connectivity index (χ1) is 8.56. The van der Waals surface area contributed by atoms with Gasteiger partial charge in [0.25, 0.3) is 0 Å². The molecule has 0 atom stereocenters. The number of benzene rings is 2. The van der Waals surface area contributed by atoms with E-state index in [0.29, 0.717) is 5.56 Å². The number of rotatable bonds is 2. The maximum absolute atomic E-state index is 12.9. The molecule has 0 bridgehead atoms. The molecule has 0 radical (unpaired) electrons. The zero-order chi connectivity index (χ0) is 13.1. The van der Waals surface area contributed by atoms with Gasteiger partial charge >= 0.3 is 0 Å². The third-order valence-electron chi connectivity index (χ3n) is 2.34. The van der Waals surface area contributed by atoms with Crippen molar-refractivity contribution >= 4 is 12.2 Å². The second-order valence-corrected chi connectivity index (χ2v) is 3.73. The monoisotopic (exact) mass is 250 g/mol. The average Bonchev–Trinajstić information content (AvgIpc) is 2.33. The fourth-order valence-electron chi connectivity index (χ4n) is 1.49. The number of hydrogen-bond acceptors (Lipinski definition) is 1. The Hall–Kier alpha value is -2.23. The average molecular weight is 250 g/mol. The van der Waals surface area contributed by atoms with E-state index in [1.165, 1.54) is 18.2 Å². The molecule has 1 N–H and O–H groups in total. The van der Waals surface area contributed by atoms with Crippen LogP contribution in [0, 0.1) is 17.5 Å². The van der Waals surface area contributed by atoms with Crippen LogP contribution in [0.1, 0.15) is 11.1 Å². The van der Waals surface area contributed by atoms with E-state index in [9.17, 15) is 18.3 Å². The van der Waals surface area contributed by atoms with Crippen LogP contribution in [-0.4, -0.2) is 5.11 Å². The molecular formula is C14H9F3O. The van der Waals surface area contributed by atoms with Crippen molar-refractivity contribution in [3.8, 4) is 5.75 Å². The third-order valence-corrected chi connectivity index (χ3v) is 2.34. The number of hydrogen-bond donors (Lipinski definition) is 1. The Morgan fingerprint density at radius 3 is 2.06 bits per heavy atom. The lowest BCUT2D eigenvalue weighted by molar-refractivity contribution is 0.447. The Kier molecular flexibility index (Phi) is 3.37. The van der Waals surface area contributed by atoms with Crippen LogP contribution < -0.4 is 0 Å². The molecule has 0 aliphatic heterocycles. The van der Waals surface area contributed by atoms with Crippen LogP contribution >= 0.6 is 0 Å². The van der Waals surface area contributed by atoms with E-state index in [4.69, 9.17) is 0 Å². The first-order valence-electron chi connectivity index (χ1n) is 5.18. The predicted molar refractivity (Wildman–Crippen MR) is 63.4 cm³/mol. The highest BCUT2D eigenvalue weighted by Crippen LogP contribution is 2.17. The lowest BCUT2D eigenvalue weighted by Gasteiger charge is -1.99. The first kappa shape index (κ1) is 12.2. The predicted octanol–water partition coefficient (Wildman–Crippen LogP) is 3.98. The molecule has 2 rings (SSSR count). The van der Waals surface area contributed by atoms with Gasteiger partial charge in [-0.1, -0.05) is 24.3 Å². The van der Waals surface area contributed by atoms with E-state index in [-0.39, 0.29) is 11.3 Å². The molecule has 0 heterocycles. The van der Waals surface area contributed by atoms with Crippen molar-refractivity contribution < 1.29 is 18.3 Å². The molecule has 0 fully saturated rings. The normalized spacial score (nSPS) is 11.1. The van der Waals surface area contributed by atoms with Gasteiger partial charge in [0, 0.05) is 0 Å². The first-order valence-corrected chi connectivity index (χ1v) is 5.18. The van der Waals surface area contributed by atoms with Crippen LogP contribution in [0.2, 0.25) is 0 Å². The Bertz CT molecular complexity index is 583. The van der Waals surface area contributed by atoms with Crippen molar-refractivity contribution in [2.75, 3.05) is 0 Å². The van der Waals surface area contributed by atoms with Gasteiger partial charge in [-0.3, -0.25) is 0 Å². The highest BCUT2D eigenvalue weighted by molar-refractivity contribution is 5.70. The highest BCUT2D eigenvalue weighted by atomic mass is 19.2.